The van der Waals surface area contributed by atoms with Crippen LogP contribution >= 0.6 is 0 Å². The number of ether oxygens (including phenoxy) is 3. The van der Waals surface area contributed by atoms with Gasteiger partial charge in [0.25, 0.3) is 0 Å². The van der Waals surface area contributed by atoms with Gasteiger partial charge in [0.1, 0.15) is 12.6 Å². The molecule has 190 valence electrons. The Bertz CT molecular complexity index is 1190. The largest absolute Gasteiger partial charge is 0.469 e. The molecule has 7 heteroatoms. The van der Waals surface area contributed by atoms with E-state index < -0.39 is 0 Å². The molecule has 0 N–H and O–H groups in total. The van der Waals surface area contributed by atoms with Crippen molar-refractivity contribution in [3.05, 3.63) is 71.7 Å². The molecular weight excluding hydrogens is 461 g/mol. The van der Waals surface area contributed by atoms with E-state index in [2.05, 4.69) is 18.4 Å². The number of esters is 1. The molecule has 1 aliphatic rings. The van der Waals surface area contributed by atoms with Crippen molar-refractivity contribution in [1.29, 1.82) is 0 Å². The molecule has 0 spiro atoms. The molecule has 0 aliphatic carbocycles. The van der Waals surface area contributed by atoms with E-state index in [1.54, 1.807) is 12.1 Å². The van der Waals surface area contributed by atoms with E-state index in [-0.39, 0.29) is 43.1 Å². The first-order chi connectivity index (χ1) is 17.4. The highest BCUT2D eigenvalue weighted by molar-refractivity contribution is 5.97. The molecule has 1 aromatic heterocycles. The number of carbonyl (C=O) groups excluding carboxylic acids is 2. The van der Waals surface area contributed by atoms with Gasteiger partial charge in [0, 0.05) is 29.8 Å². The van der Waals surface area contributed by atoms with Crippen molar-refractivity contribution in [3.8, 4) is 22.4 Å². The molecule has 36 heavy (non-hydrogen) atoms. The molecule has 1 saturated heterocycles. The highest BCUT2D eigenvalue weighted by Gasteiger charge is 2.29. The van der Waals surface area contributed by atoms with Crippen LogP contribution < -0.4 is 0 Å². The number of aldehydes is 1. The van der Waals surface area contributed by atoms with Gasteiger partial charge in [-0.1, -0.05) is 44.2 Å². The molecule has 6 nitrogen and oxygen atoms in total. The monoisotopic (exact) mass is 493 g/mol. The fourth-order valence-corrected chi connectivity index (χ4v) is 4.98. The molecule has 0 radical (unpaired) electrons. The Labute approximate surface area is 211 Å². The van der Waals surface area contributed by atoms with Crippen LogP contribution in [0.5, 0.6) is 0 Å². The fraction of sp³-hybridized carbons (Fsp3) is 0.379. The summed E-state index contributed by atoms with van der Waals surface area (Å²) in [5.41, 5.74) is 5.07. The van der Waals surface area contributed by atoms with Crippen LogP contribution in [-0.4, -0.2) is 42.9 Å². The van der Waals surface area contributed by atoms with E-state index in [9.17, 15) is 14.0 Å². The first kappa shape index (κ1) is 25.8. The van der Waals surface area contributed by atoms with Gasteiger partial charge in [0.15, 0.2) is 6.29 Å². The summed E-state index contributed by atoms with van der Waals surface area (Å²) >= 11 is 0. The van der Waals surface area contributed by atoms with Crippen LogP contribution in [0.25, 0.3) is 22.4 Å². The van der Waals surface area contributed by atoms with Crippen LogP contribution in [0.15, 0.2) is 54.6 Å². The average molecular weight is 494 g/mol. The SMILES string of the molecule is COC(=O)CC1CC(CCn2c(-c3ccc(F)cc3)c(-c3ccccc3)c(C=O)c2C(C)C)OCO1. The van der Waals surface area contributed by atoms with Crippen molar-refractivity contribution in [3.63, 3.8) is 0 Å². The molecule has 2 atom stereocenters. The first-order valence-corrected chi connectivity index (χ1v) is 12.3. The summed E-state index contributed by atoms with van der Waals surface area (Å²) in [6.07, 6.45) is 1.98. The molecule has 2 heterocycles. The number of methoxy groups -OCH3 is 1. The molecular formula is C29H32FNO5. The molecule has 0 bridgehead atoms. The lowest BCUT2D eigenvalue weighted by molar-refractivity contribution is -0.184. The minimum Gasteiger partial charge on any atom is -0.469 e. The maximum Gasteiger partial charge on any atom is 0.308 e. The number of nitrogens with zero attached hydrogens (tertiary/aromatic N) is 1. The number of rotatable bonds is 9. The Hall–Kier alpha value is -3.29. The predicted molar refractivity (Wildman–Crippen MR) is 135 cm³/mol. The highest BCUT2D eigenvalue weighted by atomic mass is 19.1. The van der Waals surface area contributed by atoms with Crippen LogP contribution in [0.1, 0.15) is 55.1 Å². The summed E-state index contributed by atoms with van der Waals surface area (Å²) in [6.45, 7) is 4.84. The second-order valence-corrected chi connectivity index (χ2v) is 9.32. The fourth-order valence-electron chi connectivity index (χ4n) is 4.98. The summed E-state index contributed by atoms with van der Waals surface area (Å²) in [4.78, 5) is 24.2. The lowest BCUT2D eigenvalue weighted by atomic mass is 9.96. The van der Waals surface area contributed by atoms with Crippen molar-refractivity contribution in [1.82, 2.24) is 4.57 Å². The van der Waals surface area contributed by atoms with Gasteiger partial charge in [-0.2, -0.15) is 0 Å². The average Bonchev–Trinajstić information content (AvgIpc) is 3.23. The second-order valence-electron chi connectivity index (χ2n) is 9.32. The zero-order valence-corrected chi connectivity index (χ0v) is 20.9. The van der Waals surface area contributed by atoms with Gasteiger partial charge >= 0.3 is 5.97 Å². The number of halogens is 1. The number of carbonyl (C=O) groups is 2. The van der Waals surface area contributed by atoms with E-state index in [4.69, 9.17) is 14.2 Å². The van der Waals surface area contributed by atoms with Crippen LogP contribution in [0.3, 0.4) is 0 Å². The zero-order valence-electron chi connectivity index (χ0n) is 20.9. The number of aromatic nitrogens is 1. The summed E-state index contributed by atoms with van der Waals surface area (Å²) in [6, 6.07) is 16.2. The van der Waals surface area contributed by atoms with Gasteiger partial charge in [-0.3, -0.25) is 9.59 Å². The Morgan fingerprint density at radius 3 is 2.42 bits per heavy atom. The molecule has 2 aromatic carbocycles. The van der Waals surface area contributed by atoms with E-state index >= 15 is 0 Å². The molecule has 2 unspecified atom stereocenters. The van der Waals surface area contributed by atoms with Gasteiger partial charge in [0.2, 0.25) is 0 Å². The Balaban J connectivity index is 1.76. The molecule has 4 rings (SSSR count). The third-order valence-corrected chi connectivity index (χ3v) is 6.62. The predicted octanol–water partition coefficient (Wildman–Crippen LogP) is 5.98. The van der Waals surface area contributed by atoms with Crippen LogP contribution in [-0.2, 0) is 25.5 Å². The van der Waals surface area contributed by atoms with Crippen molar-refractivity contribution in [2.45, 2.75) is 57.8 Å². The van der Waals surface area contributed by atoms with Crippen LogP contribution in [0.2, 0.25) is 0 Å². The molecule has 0 amide bonds. The van der Waals surface area contributed by atoms with Gasteiger partial charge in [-0.05, 0) is 47.7 Å². The van der Waals surface area contributed by atoms with Crippen LogP contribution in [0.4, 0.5) is 4.39 Å². The molecule has 3 aromatic rings. The quantitative estimate of drug-likeness (QED) is 0.271. The zero-order chi connectivity index (χ0) is 25.7. The molecule has 0 saturated carbocycles. The van der Waals surface area contributed by atoms with Crippen molar-refractivity contribution in [2.24, 2.45) is 0 Å². The summed E-state index contributed by atoms with van der Waals surface area (Å²) in [5, 5.41) is 0. The van der Waals surface area contributed by atoms with E-state index in [0.717, 1.165) is 34.4 Å². The summed E-state index contributed by atoms with van der Waals surface area (Å²) < 4.78 is 32.2. The highest BCUT2D eigenvalue weighted by Crippen LogP contribution is 2.41. The summed E-state index contributed by atoms with van der Waals surface area (Å²) in [7, 11) is 1.37. The third kappa shape index (κ3) is 5.58. The van der Waals surface area contributed by atoms with Gasteiger partial charge in [0.05, 0.1) is 31.4 Å². The number of benzene rings is 2. The topological polar surface area (TPSA) is 66.8 Å². The number of hydrogen-bond acceptors (Lipinski definition) is 5. The van der Waals surface area contributed by atoms with Crippen molar-refractivity contribution >= 4 is 12.3 Å². The lowest BCUT2D eigenvalue weighted by Crippen LogP contribution is -2.33. The van der Waals surface area contributed by atoms with E-state index in [1.807, 2.05) is 30.3 Å². The molecule has 1 fully saturated rings. The Kier molecular flexibility index (Phi) is 8.33. The van der Waals surface area contributed by atoms with Gasteiger partial charge in [-0.15, -0.1) is 0 Å². The number of hydrogen-bond donors (Lipinski definition) is 0. The van der Waals surface area contributed by atoms with E-state index in [1.165, 1.54) is 19.2 Å². The van der Waals surface area contributed by atoms with Crippen molar-refractivity contribution in [2.75, 3.05) is 13.9 Å². The van der Waals surface area contributed by atoms with Gasteiger partial charge < -0.3 is 18.8 Å². The maximum absolute atomic E-state index is 13.8. The van der Waals surface area contributed by atoms with Crippen molar-refractivity contribution < 1.29 is 28.2 Å². The first-order valence-electron chi connectivity index (χ1n) is 12.3. The summed E-state index contributed by atoms with van der Waals surface area (Å²) in [5.74, 6) is -0.551. The molecule has 1 aliphatic heterocycles. The lowest BCUT2D eigenvalue weighted by Gasteiger charge is -2.30. The second kappa shape index (κ2) is 11.6. The smallest absolute Gasteiger partial charge is 0.308 e. The van der Waals surface area contributed by atoms with Gasteiger partial charge in [-0.25, -0.2) is 4.39 Å². The Morgan fingerprint density at radius 1 is 1.08 bits per heavy atom. The maximum atomic E-state index is 13.8. The van der Waals surface area contributed by atoms with Crippen LogP contribution in [0, 0.1) is 5.82 Å². The van der Waals surface area contributed by atoms with E-state index in [0.29, 0.717) is 24.9 Å². The minimum atomic E-state index is -0.315. The Morgan fingerprint density at radius 2 is 1.78 bits per heavy atom. The standard InChI is InChI=1S/C29H32FNO5/c1-19(2)28-25(17-32)27(20-7-5-4-6-8-20)29(21-9-11-22(30)12-10-21)31(28)14-13-23-15-24(36-18-35-23)16-26(33)34-3/h4-12,17,19,23-24H,13-16,18H2,1-3H3. The normalized spacial score (nSPS) is 17.8. The minimum absolute atomic E-state index is 0.0736. The third-order valence-electron chi connectivity index (χ3n) is 6.62.